The summed E-state index contributed by atoms with van der Waals surface area (Å²) in [5.41, 5.74) is -3.17. The first-order chi connectivity index (χ1) is 28.3. The van der Waals surface area contributed by atoms with Crippen molar-refractivity contribution in [1.29, 1.82) is 5.26 Å². The number of carbonyl (C=O) groups excluding carboxylic acids is 2. The number of rotatable bonds is 5. The van der Waals surface area contributed by atoms with Crippen LogP contribution in [-0.4, -0.2) is 106 Å². The molecule has 5 aliphatic heterocycles. The molecule has 60 heavy (non-hydrogen) atoms. The van der Waals surface area contributed by atoms with E-state index in [9.17, 15) is 19.2 Å². The average Bonchev–Trinajstić information content (AvgIpc) is 3.88. The highest BCUT2D eigenvalue weighted by molar-refractivity contribution is 7.23. The Hall–Kier alpha value is -4.79. The molecule has 318 valence electrons. The Morgan fingerprint density at radius 3 is 2.55 bits per heavy atom. The number of nitrogens with one attached hydrogen (secondary N) is 1. The second-order valence-electron chi connectivity index (χ2n) is 18.5. The molecule has 9 rings (SSSR count). The Labute approximate surface area is 353 Å². The number of hydrogen-bond acceptors (Lipinski definition) is 12. The van der Waals surface area contributed by atoms with E-state index in [1.165, 1.54) is 6.07 Å². The molecule has 13 nitrogen and oxygen atoms in total. The third-order valence-corrected chi connectivity index (χ3v) is 13.6. The van der Waals surface area contributed by atoms with Gasteiger partial charge >= 0.3 is 18.2 Å². The van der Waals surface area contributed by atoms with Gasteiger partial charge in [0.15, 0.2) is 11.6 Å². The number of nitrogens with zero attached hydrogens (tertiary/aromatic N) is 6. The maximum Gasteiger partial charge on any atom is 0.412 e. The first-order valence-corrected chi connectivity index (χ1v) is 21.3. The smallest absolute Gasteiger partial charge is 0.412 e. The van der Waals surface area contributed by atoms with Crippen LogP contribution in [0.1, 0.15) is 79.2 Å². The Kier molecular flexibility index (Phi) is 9.57. The first-order valence-electron chi connectivity index (χ1n) is 20.1. The summed E-state index contributed by atoms with van der Waals surface area (Å²) >= 11 is 8.01. The third-order valence-electron chi connectivity index (χ3n) is 12.2. The minimum absolute atomic E-state index is 0.00819. The van der Waals surface area contributed by atoms with Crippen LogP contribution in [0.4, 0.5) is 33.6 Å². The second kappa shape index (κ2) is 14.1. The minimum Gasteiger partial charge on any atom is -0.489 e. The second-order valence-corrected chi connectivity index (χ2v) is 19.9. The van der Waals surface area contributed by atoms with Crippen molar-refractivity contribution in [3.05, 3.63) is 34.4 Å². The average molecular weight is 868 g/mol. The minimum atomic E-state index is -1.00. The number of anilines is 2. The summed E-state index contributed by atoms with van der Waals surface area (Å²) in [5.74, 6) is -1.23. The quantitative estimate of drug-likeness (QED) is 0.205. The number of hydrogen-bond donors (Lipinski definition) is 1. The van der Waals surface area contributed by atoms with Gasteiger partial charge in [-0.2, -0.15) is 15.2 Å². The molecule has 4 atom stereocenters. The lowest BCUT2D eigenvalue weighted by molar-refractivity contribution is -0.0377. The van der Waals surface area contributed by atoms with Crippen LogP contribution in [-0.2, 0) is 9.47 Å². The maximum atomic E-state index is 17.7. The van der Waals surface area contributed by atoms with Crippen molar-refractivity contribution in [3.8, 4) is 29.0 Å². The highest BCUT2D eigenvalue weighted by Crippen LogP contribution is 2.54. The van der Waals surface area contributed by atoms with Crippen molar-refractivity contribution < 1.29 is 41.7 Å². The normalized spacial score (nSPS) is 24.8. The molecule has 1 spiro atoms. The summed E-state index contributed by atoms with van der Waals surface area (Å²) in [6, 6.07) is 4.04. The summed E-state index contributed by atoms with van der Waals surface area (Å²) < 4.78 is 72.1. The molecular formula is C42H45ClF3N7O6S. The number of alkyl halides is 1. The summed E-state index contributed by atoms with van der Waals surface area (Å²) in [6.45, 7) is 12.5. The van der Waals surface area contributed by atoms with E-state index in [0.717, 1.165) is 36.8 Å². The number of aromatic nitrogens is 2. The van der Waals surface area contributed by atoms with Gasteiger partial charge in [0, 0.05) is 37.0 Å². The molecule has 18 heteroatoms. The van der Waals surface area contributed by atoms with Gasteiger partial charge in [0.25, 0.3) is 0 Å². The van der Waals surface area contributed by atoms with Crippen molar-refractivity contribution in [3.63, 3.8) is 0 Å². The van der Waals surface area contributed by atoms with Crippen LogP contribution >= 0.6 is 22.9 Å². The van der Waals surface area contributed by atoms with Gasteiger partial charge in [0.1, 0.15) is 58.8 Å². The van der Waals surface area contributed by atoms with Crippen LogP contribution in [0.15, 0.2) is 12.1 Å². The van der Waals surface area contributed by atoms with E-state index in [-0.39, 0.29) is 78.7 Å². The molecule has 4 fully saturated rings. The number of amides is 2. The summed E-state index contributed by atoms with van der Waals surface area (Å²) in [7, 11) is 0. The lowest BCUT2D eigenvalue weighted by Crippen LogP contribution is -2.64. The van der Waals surface area contributed by atoms with Crippen LogP contribution in [0.2, 0.25) is 5.02 Å². The molecule has 4 aromatic rings. The molecule has 0 saturated carbocycles. The van der Waals surface area contributed by atoms with Crippen molar-refractivity contribution >= 4 is 66.9 Å². The molecule has 1 N–H and O–H groups in total. The van der Waals surface area contributed by atoms with E-state index in [4.69, 9.17) is 35.5 Å². The SMILES string of the molecule is CC(C)(C)OC(=O)Nc1sc2c(F)ccc(-c3c(Cl)c4c5c(nc(OC[C@@]67CCCN6C[C@H](F)C7)nc5c3F)N3CC5(CCN5C(=O)OC(C)(C)C)CC3CO4)c2c1C#N. The molecule has 2 amide bonds. The van der Waals surface area contributed by atoms with Crippen LogP contribution < -0.4 is 19.7 Å². The van der Waals surface area contributed by atoms with Gasteiger partial charge < -0.3 is 28.7 Å². The molecule has 4 saturated heterocycles. The number of ether oxygens (including phenoxy) is 4. The Bertz CT molecular complexity index is 2520. The standard InChI is InChI=1S/C42H45ClF3N7O6S/c1-39(2,3)58-37(54)50-35-24(16-47)26-23(8-9-25(45)33(26)60-35)27-29(43)32-28-31(30(27)46)48-36(57-20-42-10-7-12-51(42)17-21(44)14-42)49-34(28)52-19-41(15-22(52)18-56-32)11-13-53(41)38(55)59-40(4,5)6/h8-9,21-22H,7,10-15,17-20H2,1-6H3,(H,50,54)/t21-,22?,41?,42+/m1/s1. The van der Waals surface area contributed by atoms with E-state index in [1.54, 1.807) is 25.7 Å². The van der Waals surface area contributed by atoms with Crippen molar-refractivity contribution in [2.75, 3.05) is 49.6 Å². The predicted octanol–water partition coefficient (Wildman–Crippen LogP) is 8.97. The van der Waals surface area contributed by atoms with Gasteiger partial charge in [-0.1, -0.05) is 17.7 Å². The predicted molar refractivity (Wildman–Crippen MR) is 220 cm³/mol. The first kappa shape index (κ1) is 40.6. The van der Waals surface area contributed by atoms with Gasteiger partial charge in [-0.25, -0.2) is 22.8 Å². The number of carbonyl (C=O) groups is 2. The van der Waals surface area contributed by atoms with E-state index in [0.29, 0.717) is 44.7 Å². The molecule has 0 radical (unpaired) electrons. The lowest BCUT2D eigenvalue weighted by Gasteiger charge is -2.50. The maximum absolute atomic E-state index is 17.7. The summed E-state index contributed by atoms with van der Waals surface area (Å²) in [6.07, 6.45) is 0.826. The molecule has 0 aliphatic carbocycles. The topological polar surface area (TPSA) is 142 Å². The van der Waals surface area contributed by atoms with Gasteiger partial charge in [0.2, 0.25) is 0 Å². The number of halogens is 4. The largest absolute Gasteiger partial charge is 0.489 e. The molecule has 7 heterocycles. The number of fused-ring (bicyclic) bond motifs is 4. The van der Waals surface area contributed by atoms with Gasteiger partial charge in [-0.05, 0) is 85.4 Å². The van der Waals surface area contributed by atoms with Crippen molar-refractivity contribution in [1.82, 2.24) is 19.8 Å². The van der Waals surface area contributed by atoms with Crippen molar-refractivity contribution in [2.24, 2.45) is 0 Å². The zero-order valence-corrected chi connectivity index (χ0v) is 35.7. The molecule has 0 bridgehead atoms. The fourth-order valence-electron chi connectivity index (χ4n) is 9.65. The molecule has 2 unspecified atom stereocenters. The van der Waals surface area contributed by atoms with E-state index in [2.05, 4.69) is 21.3 Å². The lowest BCUT2D eigenvalue weighted by atomic mass is 9.83. The monoisotopic (exact) mass is 867 g/mol. The van der Waals surface area contributed by atoms with Crippen LogP contribution in [0.5, 0.6) is 11.8 Å². The molecular weight excluding hydrogens is 823 g/mol. The number of benzene rings is 2. The fraction of sp³-hybridized carbons (Fsp3) is 0.548. The Morgan fingerprint density at radius 2 is 1.85 bits per heavy atom. The molecule has 5 aliphatic rings. The summed E-state index contributed by atoms with van der Waals surface area (Å²) in [5, 5.41) is 13.0. The van der Waals surface area contributed by atoms with Crippen LogP contribution in [0.25, 0.3) is 32.1 Å². The highest BCUT2D eigenvalue weighted by Gasteiger charge is 2.57. The number of likely N-dealkylation sites (tertiary alicyclic amines) is 1. The van der Waals surface area contributed by atoms with E-state index < -0.39 is 52.3 Å². The van der Waals surface area contributed by atoms with Gasteiger partial charge in [-0.15, -0.1) is 11.3 Å². The summed E-state index contributed by atoms with van der Waals surface area (Å²) in [4.78, 5) is 41.6. The zero-order valence-electron chi connectivity index (χ0n) is 34.1. The fourth-order valence-corrected chi connectivity index (χ4v) is 11.1. The van der Waals surface area contributed by atoms with Crippen LogP contribution in [0.3, 0.4) is 0 Å². The highest BCUT2D eigenvalue weighted by atomic mass is 35.5. The molecule has 2 aromatic carbocycles. The zero-order chi connectivity index (χ0) is 42.7. The van der Waals surface area contributed by atoms with Crippen molar-refractivity contribution in [2.45, 2.75) is 108 Å². The number of thiophene rings is 1. The van der Waals surface area contributed by atoms with E-state index in [1.807, 2.05) is 25.7 Å². The van der Waals surface area contributed by atoms with Crippen LogP contribution in [0, 0.1) is 23.0 Å². The van der Waals surface area contributed by atoms with Gasteiger partial charge in [0.05, 0.1) is 37.8 Å². The molecule has 2 aromatic heterocycles. The Balaban J connectivity index is 1.19. The van der Waals surface area contributed by atoms with E-state index >= 15 is 8.78 Å². The Morgan fingerprint density at radius 1 is 1.08 bits per heavy atom. The third kappa shape index (κ3) is 6.69. The number of nitriles is 1. The van der Waals surface area contributed by atoms with Gasteiger partial charge in [-0.3, -0.25) is 10.2 Å².